The summed E-state index contributed by atoms with van der Waals surface area (Å²) in [5, 5.41) is 0. The van der Waals surface area contributed by atoms with Crippen LogP contribution in [-0.2, 0) is 23.8 Å². The lowest BCUT2D eigenvalue weighted by molar-refractivity contribution is -0.215. The smallest absolute Gasteiger partial charge is 0.411 e. The molecule has 4 aliphatic carbocycles. The van der Waals surface area contributed by atoms with E-state index in [9.17, 15) is 14.4 Å². The molecule has 4 saturated carbocycles. The van der Waals surface area contributed by atoms with E-state index in [2.05, 4.69) is 34.6 Å². The van der Waals surface area contributed by atoms with Crippen molar-refractivity contribution < 1.29 is 28.6 Å². The van der Waals surface area contributed by atoms with Gasteiger partial charge in [0.1, 0.15) is 17.2 Å². The summed E-state index contributed by atoms with van der Waals surface area (Å²) < 4.78 is 17.7. The fourth-order valence-electron chi connectivity index (χ4n) is 11.3. The average molecular weight is 558 g/mol. The van der Waals surface area contributed by atoms with Gasteiger partial charge in [-0.3, -0.25) is 9.69 Å². The van der Waals surface area contributed by atoms with E-state index in [-0.39, 0.29) is 40.4 Å². The minimum absolute atomic E-state index is 0.0123. The van der Waals surface area contributed by atoms with Crippen LogP contribution in [0.25, 0.3) is 0 Å². The van der Waals surface area contributed by atoms with Crippen molar-refractivity contribution in [2.24, 2.45) is 46.3 Å². The van der Waals surface area contributed by atoms with E-state index in [4.69, 9.17) is 14.2 Å². The van der Waals surface area contributed by atoms with Crippen molar-refractivity contribution >= 4 is 18.0 Å². The molecule has 0 bridgehead atoms. The topological polar surface area (TPSA) is 82.1 Å². The predicted octanol–water partition coefficient (Wildman–Crippen LogP) is 6.52. The van der Waals surface area contributed by atoms with Crippen LogP contribution in [-0.4, -0.2) is 53.8 Å². The summed E-state index contributed by atoms with van der Waals surface area (Å²) in [5.74, 6) is 2.85. The minimum atomic E-state index is -0.581. The molecule has 6 rings (SSSR count). The second-order valence-electron chi connectivity index (χ2n) is 15.5. The first-order valence-electron chi connectivity index (χ1n) is 16.2. The van der Waals surface area contributed by atoms with Crippen LogP contribution in [0.2, 0.25) is 0 Å². The van der Waals surface area contributed by atoms with Crippen molar-refractivity contribution in [3.8, 4) is 0 Å². The number of fused-ring (bicyclic) bond motifs is 6. The number of amides is 1. The van der Waals surface area contributed by atoms with Crippen molar-refractivity contribution in [3.05, 3.63) is 0 Å². The fourth-order valence-corrected chi connectivity index (χ4v) is 11.3. The molecule has 2 aliphatic heterocycles. The molecular weight excluding hydrogens is 506 g/mol. The Bertz CT molecular complexity index is 1060. The summed E-state index contributed by atoms with van der Waals surface area (Å²) in [6.07, 6.45) is 11.5. The molecule has 2 saturated heterocycles. The van der Waals surface area contributed by atoms with Gasteiger partial charge >= 0.3 is 18.0 Å². The number of rotatable bonds is 4. The number of methoxy groups -OCH3 is 1. The summed E-state index contributed by atoms with van der Waals surface area (Å²) in [5.41, 5.74) is -0.465. The molecule has 0 radical (unpaired) electrons. The van der Waals surface area contributed by atoms with Crippen LogP contribution < -0.4 is 0 Å². The van der Waals surface area contributed by atoms with Crippen LogP contribution in [0.5, 0.6) is 0 Å². The van der Waals surface area contributed by atoms with Gasteiger partial charge in [-0.25, -0.2) is 9.59 Å². The largest absolute Gasteiger partial charge is 0.467 e. The van der Waals surface area contributed by atoms with Gasteiger partial charge in [0.2, 0.25) is 0 Å². The molecule has 224 valence electrons. The summed E-state index contributed by atoms with van der Waals surface area (Å²) in [6.45, 7) is 11.9. The van der Waals surface area contributed by atoms with Crippen molar-refractivity contribution in [1.29, 1.82) is 0 Å². The van der Waals surface area contributed by atoms with E-state index in [1.807, 2.05) is 0 Å². The van der Waals surface area contributed by atoms with Crippen LogP contribution in [0.1, 0.15) is 112 Å². The third-order valence-electron chi connectivity index (χ3n) is 13.4. The molecular formula is C33H51NO6. The van der Waals surface area contributed by atoms with E-state index < -0.39 is 11.6 Å². The van der Waals surface area contributed by atoms with Crippen molar-refractivity contribution in [2.45, 2.75) is 129 Å². The molecule has 7 heteroatoms. The molecule has 2 heterocycles. The van der Waals surface area contributed by atoms with Gasteiger partial charge in [0.05, 0.1) is 13.7 Å². The molecule has 40 heavy (non-hydrogen) atoms. The summed E-state index contributed by atoms with van der Waals surface area (Å²) in [4.78, 5) is 40.0. The number of ether oxygens (including phenoxy) is 3. The van der Waals surface area contributed by atoms with Crippen LogP contribution in [0, 0.1) is 46.3 Å². The summed E-state index contributed by atoms with van der Waals surface area (Å²) >= 11 is 0. The highest BCUT2D eigenvalue weighted by atomic mass is 16.6. The van der Waals surface area contributed by atoms with Crippen molar-refractivity contribution in [1.82, 2.24) is 4.90 Å². The first kappa shape index (κ1) is 28.3. The SMILES string of the molecule is COC(=O)C(CC(C)C)N1C[C@]2(CC[C@@]3(C)[C@H](CC[C@@H]4[C@@H]3CC[C@@]3(C)[C@H]4CC[C@@]34OC(=O)CC[C@H]4C)C2)OC1=O. The minimum Gasteiger partial charge on any atom is -0.467 e. The Morgan fingerprint density at radius 1 is 1.00 bits per heavy atom. The van der Waals surface area contributed by atoms with Crippen LogP contribution in [0.15, 0.2) is 0 Å². The maximum atomic E-state index is 13.2. The van der Waals surface area contributed by atoms with Crippen LogP contribution >= 0.6 is 0 Å². The Morgan fingerprint density at radius 2 is 1.75 bits per heavy atom. The van der Waals surface area contributed by atoms with Gasteiger partial charge in [0.25, 0.3) is 0 Å². The zero-order chi connectivity index (χ0) is 28.7. The fraction of sp³-hybridized carbons (Fsp3) is 0.909. The Balaban J connectivity index is 1.20. The highest BCUT2D eigenvalue weighted by Crippen LogP contribution is 2.71. The summed E-state index contributed by atoms with van der Waals surface area (Å²) in [6, 6.07) is -0.581. The Morgan fingerprint density at radius 3 is 2.48 bits per heavy atom. The van der Waals surface area contributed by atoms with Crippen LogP contribution in [0.4, 0.5) is 4.79 Å². The highest BCUT2D eigenvalue weighted by Gasteiger charge is 2.69. The maximum Gasteiger partial charge on any atom is 0.411 e. The molecule has 0 aromatic rings. The van der Waals surface area contributed by atoms with Crippen molar-refractivity contribution in [3.63, 3.8) is 0 Å². The Labute approximate surface area is 240 Å². The van der Waals surface area contributed by atoms with Gasteiger partial charge in [-0.05, 0) is 112 Å². The van der Waals surface area contributed by atoms with E-state index in [0.29, 0.717) is 49.0 Å². The standard InChI is InChI=1S/C33H51NO6/c1-20(2)17-26(28(36)38-6)34-19-32(40-29(34)37)16-15-30(4)22(18-32)8-9-23-24(30)11-13-31(5)25(23)12-14-33(31)21(3)7-10-27(35)39-33/h20-26H,7-19H2,1-6H3/t21-,22-,23-,24+,25+,26?,30+,31+,32-,33+/m1/s1. The van der Waals surface area contributed by atoms with Crippen molar-refractivity contribution in [2.75, 3.05) is 13.7 Å². The van der Waals surface area contributed by atoms with Gasteiger partial charge in [0, 0.05) is 11.8 Å². The monoisotopic (exact) mass is 557 g/mol. The average Bonchev–Trinajstić information content (AvgIpc) is 3.38. The summed E-state index contributed by atoms with van der Waals surface area (Å²) in [7, 11) is 1.40. The Hall–Kier alpha value is -1.79. The number of esters is 2. The van der Waals surface area contributed by atoms with E-state index in [0.717, 1.165) is 44.9 Å². The van der Waals surface area contributed by atoms with Crippen LogP contribution in [0.3, 0.4) is 0 Å². The van der Waals surface area contributed by atoms with E-state index >= 15 is 0 Å². The number of hydrogen-bond donors (Lipinski definition) is 0. The number of carbonyl (C=O) groups is 3. The Kier molecular flexibility index (Phi) is 6.82. The molecule has 0 N–H and O–H groups in total. The quantitative estimate of drug-likeness (QED) is 0.289. The number of nitrogens with zero attached hydrogens (tertiary/aromatic N) is 1. The molecule has 6 fully saturated rings. The predicted molar refractivity (Wildman–Crippen MR) is 150 cm³/mol. The molecule has 0 aromatic carbocycles. The molecule has 7 nitrogen and oxygen atoms in total. The van der Waals surface area contributed by atoms with Gasteiger partial charge in [-0.2, -0.15) is 0 Å². The molecule has 0 aromatic heterocycles. The normalized spacial score (nSPS) is 47.0. The van der Waals surface area contributed by atoms with Gasteiger partial charge in [-0.1, -0.05) is 34.6 Å². The zero-order valence-corrected chi connectivity index (χ0v) is 25.6. The number of carbonyl (C=O) groups excluding carboxylic acids is 3. The number of hydrogen-bond acceptors (Lipinski definition) is 6. The second-order valence-corrected chi connectivity index (χ2v) is 15.5. The maximum absolute atomic E-state index is 13.2. The van der Waals surface area contributed by atoms with E-state index in [1.165, 1.54) is 26.4 Å². The lowest BCUT2D eigenvalue weighted by Gasteiger charge is -2.63. The molecule has 10 atom stereocenters. The molecule has 1 amide bonds. The molecule has 2 spiro atoms. The first-order chi connectivity index (χ1) is 18.9. The third kappa shape index (κ3) is 3.98. The lowest BCUT2D eigenvalue weighted by Crippen LogP contribution is -2.61. The van der Waals surface area contributed by atoms with Gasteiger partial charge in [-0.15, -0.1) is 0 Å². The molecule has 1 unspecified atom stereocenters. The third-order valence-corrected chi connectivity index (χ3v) is 13.4. The van der Waals surface area contributed by atoms with Gasteiger partial charge < -0.3 is 14.2 Å². The van der Waals surface area contributed by atoms with Gasteiger partial charge in [0.15, 0.2) is 0 Å². The highest BCUT2D eigenvalue weighted by molar-refractivity contribution is 5.82. The van der Waals surface area contributed by atoms with E-state index in [1.54, 1.807) is 4.90 Å². The zero-order valence-electron chi connectivity index (χ0n) is 25.6. The molecule has 6 aliphatic rings. The lowest BCUT2D eigenvalue weighted by atomic mass is 9.43. The first-order valence-corrected chi connectivity index (χ1v) is 16.2. The second kappa shape index (κ2) is 9.62.